The quantitative estimate of drug-likeness (QED) is 0.717. The second kappa shape index (κ2) is 3.80. The van der Waals surface area contributed by atoms with Crippen molar-refractivity contribution in [2.24, 2.45) is 0 Å². The molecule has 2 aromatic heterocycles. The number of halogens is 1. The highest BCUT2D eigenvalue weighted by molar-refractivity contribution is 8.01. The molecule has 0 aliphatic rings. The minimum atomic E-state index is -0.477. The van der Waals surface area contributed by atoms with Gasteiger partial charge in [0.25, 0.3) is 0 Å². The number of hydrogen-bond acceptors (Lipinski definition) is 5. The molecule has 0 spiro atoms. The van der Waals surface area contributed by atoms with Gasteiger partial charge in [-0.1, -0.05) is 23.1 Å². The van der Waals surface area contributed by atoms with Gasteiger partial charge in [0.2, 0.25) is 5.95 Å². The normalized spacial score (nSPS) is 10.2. The molecule has 0 aliphatic heterocycles. The summed E-state index contributed by atoms with van der Waals surface area (Å²) in [5.41, 5.74) is 1.64. The van der Waals surface area contributed by atoms with Gasteiger partial charge < -0.3 is 0 Å². The van der Waals surface area contributed by atoms with Crippen molar-refractivity contribution >= 4 is 23.1 Å². The molecular formula is C7H4FN3S2. The Morgan fingerprint density at radius 3 is 3.08 bits per heavy atom. The van der Waals surface area contributed by atoms with Crippen LogP contribution in [0.15, 0.2) is 33.1 Å². The molecule has 13 heavy (non-hydrogen) atoms. The van der Waals surface area contributed by atoms with Crippen LogP contribution < -0.4 is 0 Å². The Bertz CT molecular complexity index is 390. The summed E-state index contributed by atoms with van der Waals surface area (Å²) in [5, 5.41) is 7.51. The van der Waals surface area contributed by atoms with E-state index in [0.717, 1.165) is 9.24 Å². The maximum absolute atomic E-state index is 12.6. The van der Waals surface area contributed by atoms with Gasteiger partial charge in [0.15, 0.2) is 4.34 Å². The molecule has 2 aromatic rings. The molecule has 0 atom stereocenters. The molecule has 0 radical (unpaired) electrons. The molecule has 0 saturated carbocycles. The summed E-state index contributed by atoms with van der Waals surface area (Å²) in [6, 6.07) is 3.10. The van der Waals surface area contributed by atoms with Crippen molar-refractivity contribution in [1.29, 1.82) is 0 Å². The zero-order valence-corrected chi connectivity index (χ0v) is 7.98. The Morgan fingerprint density at radius 2 is 2.38 bits per heavy atom. The molecule has 0 unspecified atom stereocenters. The number of rotatable bonds is 2. The summed E-state index contributed by atoms with van der Waals surface area (Å²) >= 11 is 2.79. The first-order valence-electron chi connectivity index (χ1n) is 3.40. The summed E-state index contributed by atoms with van der Waals surface area (Å²) in [5.74, 6) is -0.477. The summed E-state index contributed by atoms with van der Waals surface area (Å²) < 4.78 is 13.4. The first-order valence-corrected chi connectivity index (χ1v) is 5.10. The highest BCUT2D eigenvalue weighted by atomic mass is 32.2. The van der Waals surface area contributed by atoms with Gasteiger partial charge in [-0.05, 0) is 6.07 Å². The SMILES string of the molecule is Fc1cc(Sc2nncs2)ccn1. The smallest absolute Gasteiger partial charge is 0.213 e. The van der Waals surface area contributed by atoms with Gasteiger partial charge in [-0.15, -0.1) is 10.2 Å². The van der Waals surface area contributed by atoms with Crippen LogP contribution in [0.3, 0.4) is 0 Å². The monoisotopic (exact) mass is 213 g/mol. The predicted molar refractivity (Wildman–Crippen MR) is 48.2 cm³/mol. The maximum atomic E-state index is 12.6. The molecule has 0 fully saturated rings. The van der Waals surface area contributed by atoms with E-state index in [9.17, 15) is 4.39 Å². The Balaban J connectivity index is 2.19. The molecule has 0 N–H and O–H groups in total. The molecule has 0 amide bonds. The molecule has 3 nitrogen and oxygen atoms in total. The first-order chi connectivity index (χ1) is 6.34. The van der Waals surface area contributed by atoms with Crippen LogP contribution in [0.4, 0.5) is 4.39 Å². The standard InChI is InChI=1S/C7H4FN3S2/c8-6-3-5(1-2-9-6)13-7-11-10-4-12-7/h1-4H. The Labute approximate surface area is 82.0 Å². The van der Waals surface area contributed by atoms with E-state index in [-0.39, 0.29) is 0 Å². The minimum absolute atomic E-state index is 0.477. The molecule has 0 bridgehead atoms. The van der Waals surface area contributed by atoms with Crippen LogP contribution in [0.2, 0.25) is 0 Å². The van der Waals surface area contributed by atoms with Crippen LogP contribution in [0, 0.1) is 5.95 Å². The van der Waals surface area contributed by atoms with E-state index in [1.54, 1.807) is 11.6 Å². The summed E-state index contributed by atoms with van der Waals surface area (Å²) in [4.78, 5) is 4.24. The van der Waals surface area contributed by atoms with Crippen LogP contribution in [0.1, 0.15) is 0 Å². The second-order valence-corrected chi connectivity index (χ2v) is 4.27. The van der Waals surface area contributed by atoms with E-state index < -0.39 is 5.95 Å². The fourth-order valence-corrected chi connectivity index (χ4v) is 2.22. The van der Waals surface area contributed by atoms with Gasteiger partial charge in [-0.3, -0.25) is 0 Å². The molecule has 0 aromatic carbocycles. The summed E-state index contributed by atoms with van der Waals surface area (Å²) in [6.07, 6.45) is 1.43. The number of pyridine rings is 1. The lowest BCUT2D eigenvalue weighted by Crippen LogP contribution is -1.80. The van der Waals surface area contributed by atoms with E-state index >= 15 is 0 Å². The molecule has 2 rings (SSSR count). The van der Waals surface area contributed by atoms with Crippen molar-refractivity contribution in [2.45, 2.75) is 9.24 Å². The first kappa shape index (κ1) is 8.58. The summed E-state index contributed by atoms with van der Waals surface area (Å²) in [7, 11) is 0. The maximum Gasteiger partial charge on any atom is 0.213 e. The minimum Gasteiger partial charge on any atom is -0.228 e. The third-order valence-electron chi connectivity index (χ3n) is 1.24. The van der Waals surface area contributed by atoms with E-state index in [1.807, 2.05) is 0 Å². The summed E-state index contributed by atoms with van der Waals surface area (Å²) in [6.45, 7) is 0. The van der Waals surface area contributed by atoms with Crippen LogP contribution in [-0.4, -0.2) is 15.2 Å². The van der Waals surface area contributed by atoms with Crippen LogP contribution in [0.25, 0.3) is 0 Å². The van der Waals surface area contributed by atoms with Crippen molar-refractivity contribution in [2.75, 3.05) is 0 Å². The lowest BCUT2D eigenvalue weighted by atomic mass is 10.5. The van der Waals surface area contributed by atoms with Crippen molar-refractivity contribution in [3.8, 4) is 0 Å². The molecule has 66 valence electrons. The van der Waals surface area contributed by atoms with Gasteiger partial charge >= 0.3 is 0 Å². The van der Waals surface area contributed by atoms with Crippen molar-refractivity contribution in [3.63, 3.8) is 0 Å². The number of hydrogen-bond donors (Lipinski definition) is 0. The van der Waals surface area contributed by atoms with Gasteiger partial charge in [0.05, 0.1) is 0 Å². The lowest BCUT2D eigenvalue weighted by molar-refractivity contribution is 0.579. The third-order valence-corrected chi connectivity index (χ3v) is 3.01. The zero-order valence-electron chi connectivity index (χ0n) is 6.35. The van der Waals surface area contributed by atoms with E-state index in [4.69, 9.17) is 0 Å². The molecule has 6 heteroatoms. The number of aromatic nitrogens is 3. The Hall–Kier alpha value is -1.01. The van der Waals surface area contributed by atoms with E-state index in [2.05, 4.69) is 15.2 Å². The molecule has 0 saturated heterocycles. The highest BCUT2D eigenvalue weighted by Crippen LogP contribution is 2.27. The van der Waals surface area contributed by atoms with E-state index in [1.165, 1.54) is 35.4 Å². The topological polar surface area (TPSA) is 38.7 Å². The fourth-order valence-electron chi connectivity index (χ4n) is 0.756. The van der Waals surface area contributed by atoms with E-state index in [0.29, 0.717) is 0 Å². The zero-order chi connectivity index (χ0) is 9.10. The Kier molecular flexibility index (Phi) is 2.51. The van der Waals surface area contributed by atoms with Crippen LogP contribution in [-0.2, 0) is 0 Å². The van der Waals surface area contributed by atoms with Gasteiger partial charge in [-0.25, -0.2) is 4.98 Å². The highest BCUT2D eigenvalue weighted by Gasteiger charge is 2.01. The van der Waals surface area contributed by atoms with Gasteiger partial charge in [0.1, 0.15) is 5.51 Å². The Morgan fingerprint density at radius 1 is 1.46 bits per heavy atom. The fraction of sp³-hybridized carbons (Fsp3) is 0. The largest absolute Gasteiger partial charge is 0.228 e. The second-order valence-electron chi connectivity index (χ2n) is 2.12. The third kappa shape index (κ3) is 2.22. The molecular weight excluding hydrogens is 209 g/mol. The van der Waals surface area contributed by atoms with Gasteiger partial charge in [-0.2, -0.15) is 4.39 Å². The van der Waals surface area contributed by atoms with Crippen molar-refractivity contribution in [3.05, 3.63) is 29.8 Å². The van der Waals surface area contributed by atoms with Crippen molar-refractivity contribution in [1.82, 2.24) is 15.2 Å². The number of nitrogens with zero attached hydrogens (tertiary/aromatic N) is 3. The van der Waals surface area contributed by atoms with Crippen molar-refractivity contribution < 1.29 is 4.39 Å². The molecule has 0 aliphatic carbocycles. The van der Waals surface area contributed by atoms with Gasteiger partial charge in [0, 0.05) is 17.2 Å². The lowest BCUT2D eigenvalue weighted by Gasteiger charge is -1.94. The average Bonchev–Trinajstić information content (AvgIpc) is 2.57. The van der Waals surface area contributed by atoms with Crippen LogP contribution in [0.5, 0.6) is 0 Å². The van der Waals surface area contributed by atoms with Crippen LogP contribution >= 0.6 is 23.1 Å². The predicted octanol–water partition coefficient (Wildman–Crippen LogP) is 2.22. The molecule has 2 heterocycles. The average molecular weight is 213 g/mol.